The van der Waals surface area contributed by atoms with E-state index < -0.39 is 5.91 Å². The van der Waals surface area contributed by atoms with Crippen molar-refractivity contribution in [2.24, 2.45) is 5.73 Å². The number of aromatic nitrogens is 1. The van der Waals surface area contributed by atoms with Gasteiger partial charge in [-0.25, -0.2) is 0 Å². The van der Waals surface area contributed by atoms with E-state index in [4.69, 9.17) is 10.5 Å². The Kier molecular flexibility index (Phi) is 3.95. The highest BCUT2D eigenvalue weighted by Crippen LogP contribution is 2.17. The molecule has 1 aromatic heterocycles. The van der Waals surface area contributed by atoms with Crippen LogP contribution in [0.2, 0.25) is 0 Å². The lowest BCUT2D eigenvalue weighted by Gasteiger charge is -2.07. The Hall–Kier alpha value is -2.89. The van der Waals surface area contributed by atoms with Crippen LogP contribution in [0.5, 0.6) is 5.75 Å². The van der Waals surface area contributed by atoms with Crippen molar-refractivity contribution in [2.45, 2.75) is 0 Å². The van der Waals surface area contributed by atoms with Crippen LogP contribution in [0.1, 0.15) is 20.8 Å². The van der Waals surface area contributed by atoms with Gasteiger partial charge in [-0.3, -0.25) is 14.6 Å². The highest BCUT2D eigenvalue weighted by atomic mass is 16.5. The highest BCUT2D eigenvalue weighted by molar-refractivity contribution is 6.04. The quantitative estimate of drug-likeness (QED) is 0.879. The molecule has 6 heteroatoms. The molecule has 0 aliphatic rings. The fourth-order valence-electron chi connectivity index (χ4n) is 1.58. The summed E-state index contributed by atoms with van der Waals surface area (Å²) < 4.78 is 5.07. The van der Waals surface area contributed by atoms with Crippen LogP contribution in [0, 0.1) is 0 Å². The molecule has 0 saturated carbocycles. The van der Waals surface area contributed by atoms with E-state index in [1.807, 2.05) is 0 Å². The van der Waals surface area contributed by atoms with Gasteiger partial charge in [0.1, 0.15) is 11.4 Å². The lowest BCUT2D eigenvalue weighted by Crippen LogP contribution is -2.15. The van der Waals surface area contributed by atoms with Crippen molar-refractivity contribution in [1.82, 2.24) is 4.98 Å². The van der Waals surface area contributed by atoms with Gasteiger partial charge in [0.05, 0.1) is 12.7 Å². The molecule has 0 atom stereocenters. The number of amides is 2. The average molecular weight is 271 g/mol. The smallest absolute Gasteiger partial charge is 0.267 e. The number of hydrogen-bond acceptors (Lipinski definition) is 4. The molecule has 2 rings (SSSR count). The first-order chi connectivity index (χ1) is 9.60. The first-order valence-electron chi connectivity index (χ1n) is 5.81. The van der Waals surface area contributed by atoms with Crippen molar-refractivity contribution in [3.8, 4) is 5.75 Å². The van der Waals surface area contributed by atoms with Crippen LogP contribution in [-0.4, -0.2) is 23.9 Å². The number of carbonyl (C=O) groups excluding carboxylic acids is 2. The van der Waals surface area contributed by atoms with Gasteiger partial charge in [-0.2, -0.15) is 0 Å². The van der Waals surface area contributed by atoms with Gasteiger partial charge in [-0.1, -0.05) is 6.07 Å². The molecular weight excluding hydrogens is 258 g/mol. The molecule has 2 aromatic rings. The zero-order chi connectivity index (χ0) is 14.5. The summed E-state index contributed by atoms with van der Waals surface area (Å²) in [5, 5.41) is 2.71. The number of anilines is 1. The molecule has 0 saturated heterocycles. The third-order valence-corrected chi connectivity index (χ3v) is 2.61. The van der Waals surface area contributed by atoms with E-state index in [1.54, 1.807) is 31.4 Å². The maximum absolute atomic E-state index is 12.0. The molecule has 0 unspecified atom stereocenters. The topological polar surface area (TPSA) is 94.3 Å². The van der Waals surface area contributed by atoms with Crippen molar-refractivity contribution in [3.05, 3.63) is 53.9 Å². The number of rotatable bonds is 4. The fraction of sp³-hybridized carbons (Fsp3) is 0.0714. The predicted molar refractivity (Wildman–Crippen MR) is 73.7 cm³/mol. The van der Waals surface area contributed by atoms with Crippen LogP contribution in [0.3, 0.4) is 0 Å². The van der Waals surface area contributed by atoms with Crippen molar-refractivity contribution in [3.63, 3.8) is 0 Å². The van der Waals surface area contributed by atoms with E-state index >= 15 is 0 Å². The summed E-state index contributed by atoms with van der Waals surface area (Å²) in [7, 11) is 1.55. The fourth-order valence-corrected chi connectivity index (χ4v) is 1.58. The molecule has 0 fully saturated rings. The van der Waals surface area contributed by atoms with Crippen LogP contribution in [0.15, 0.2) is 42.6 Å². The van der Waals surface area contributed by atoms with Gasteiger partial charge in [0.25, 0.3) is 11.8 Å². The largest absolute Gasteiger partial charge is 0.497 e. The lowest BCUT2D eigenvalue weighted by atomic mass is 10.2. The minimum atomic E-state index is -0.634. The molecule has 0 aliphatic heterocycles. The monoisotopic (exact) mass is 271 g/mol. The molecule has 1 heterocycles. The molecule has 0 spiro atoms. The Balaban J connectivity index is 2.13. The maximum Gasteiger partial charge on any atom is 0.267 e. The van der Waals surface area contributed by atoms with E-state index in [1.165, 1.54) is 18.3 Å². The SMILES string of the molecule is COc1cccc(NC(=O)c2ccc(C(N)=O)nc2)c1. The number of nitrogens with zero attached hydrogens (tertiary/aromatic N) is 1. The van der Waals surface area contributed by atoms with Gasteiger partial charge in [0.2, 0.25) is 0 Å². The second-order valence-corrected chi connectivity index (χ2v) is 3.98. The van der Waals surface area contributed by atoms with Crippen LogP contribution in [0.4, 0.5) is 5.69 Å². The number of carbonyl (C=O) groups is 2. The standard InChI is InChI=1S/C14H13N3O3/c1-20-11-4-2-3-10(7-11)17-14(19)9-5-6-12(13(15)18)16-8-9/h2-8H,1H3,(H2,15,18)(H,17,19). The molecule has 1 aromatic carbocycles. The van der Waals surface area contributed by atoms with Gasteiger partial charge in [0.15, 0.2) is 0 Å². The summed E-state index contributed by atoms with van der Waals surface area (Å²) in [6.07, 6.45) is 1.30. The summed E-state index contributed by atoms with van der Waals surface area (Å²) in [6, 6.07) is 9.88. The number of benzene rings is 1. The van der Waals surface area contributed by atoms with E-state index in [0.29, 0.717) is 17.0 Å². The van der Waals surface area contributed by atoms with Gasteiger partial charge < -0.3 is 15.8 Å². The second-order valence-electron chi connectivity index (χ2n) is 3.98. The molecule has 102 valence electrons. The number of nitrogens with one attached hydrogen (secondary N) is 1. The zero-order valence-corrected chi connectivity index (χ0v) is 10.8. The van der Waals surface area contributed by atoms with Crippen LogP contribution in [-0.2, 0) is 0 Å². The molecule has 6 nitrogen and oxygen atoms in total. The lowest BCUT2D eigenvalue weighted by molar-refractivity contribution is 0.0990. The van der Waals surface area contributed by atoms with Crippen molar-refractivity contribution >= 4 is 17.5 Å². The normalized spacial score (nSPS) is 9.85. The van der Waals surface area contributed by atoms with Gasteiger partial charge in [-0.05, 0) is 24.3 Å². The highest BCUT2D eigenvalue weighted by Gasteiger charge is 2.08. The van der Waals surface area contributed by atoms with Gasteiger partial charge in [0, 0.05) is 18.0 Å². The summed E-state index contributed by atoms with van der Waals surface area (Å²) in [5.74, 6) is -0.323. The molecular formula is C14H13N3O3. The summed E-state index contributed by atoms with van der Waals surface area (Å²) in [5.41, 5.74) is 6.13. The number of ether oxygens (including phenoxy) is 1. The van der Waals surface area contributed by atoms with Crippen molar-refractivity contribution < 1.29 is 14.3 Å². The van der Waals surface area contributed by atoms with Gasteiger partial charge >= 0.3 is 0 Å². The maximum atomic E-state index is 12.0. The molecule has 0 bridgehead atoms. The van der Waals surface area contributed by atoms with Crippen LogP contribution >= 0.6 is 0 Å². The summed E-state index contributed by atoms with van der Waals surface area (Å²) >= 11 is 0. The average Bonchev–Trinajstić information content (AvgIpc) is 2.47. The minimum Gasteiger partial charge on any atom is -0.497 e. The first-order valence-corrected chi connectivity index (χ1v) is 5.81. The van der Waals surface area contributed by atoms with E-state index in [-0.39, 0.29) is 11.6 Å². The molecule has 20 heavy (non-hydrogen) atoms. The Morgan fingerprint density at radius 2 is 2.05 bits per heavy atom. The van der Waals surface area contributed by atoms with Crippen molar-refractivity contribution in [1.29, 1.82) is 0 Å². The Morgan fingerprint density at radius 3 is 2.65 bits per heavy atom. The number of primary amides is 1. The van der Waals surface area contributed by atoms with Gasteiger partial charge in [-0.15, -0.1) is 0 Å². The number of methoxy groups -OCH3 is 1. The Bertz CT molecular complexity index is 638. The first kappa shape index (κ1) is 13.5. The second kappa shape index (κ2) is 5.83. The third-order valence-electron chi connectivity index (χ3n) is 2.61. The zero-order valence-electron chi connectivity index (χ0n) is 10.8. The van der Waals surface area contributed by atoms with Crippen molar-refractivity contribution in [2.75, 3.05) is 12.4 Å². The van der Waals surface area contributed by atoms with Crippen LogP contribution < -0.4 is 15.8 Å². The predicted octanol–water partition coefficient (Wildman–Crippen LogP) is 1.44. The third kappa shape index (κ3) is 3.11. The molecule has 3 N–H and O–H groups in total. The number of pyridine rings is 1. The molecule has 0 radical (unpaired) electrons. The summed E-state index contributed by atoms with van der Waals surface area (Å²) in [4.78, 5) is 26.7. The van der Waals surface area contributed by atoms with E-state index in [9.17, 15) is 9.59 Å². The number of nitrogens with two attached hydrogens (primary N) is 1. The Labute approximate surface area is 115 Å². The van der Waals surface area contributed by atoms with Crippen LogP contribution in [0.25, 0.3) is 0 Å². The Morgan fingerprint density at radius 1 is 1.25 bits per heavy atom. The minimum absolute atomic E-state index is 0.114. The molecule has 0 aliphatic carbocycles. The van der Waals surface area contributed by atoms with E-state index in [0.717, 1.165) is 0 Å². The summed E-state index contributed by atoms with van der Waals surface area (Å²) in [6.45, 7) is 0. The van der Waals surface area contributed by atoms with E-state index in [2.05, 4.69) is 10.3 Å². The number of hydrogen-bond donors (Lipinski definition) is 2. The molecule has 2 amide bonds.